The average molecular weight is 272 g/mol. The smallest absolute Gasteiger partial charge is 0.0240 e. The van der Waals surface area contributed by atoms with Gasteiger partial charge in [-0.1, -0.05) is 38.1 Å². The Morgan fingerprint density at radius 3 is 2.60 bits per heavy atom. The van der Waals surface area contributed by atoms with Crippen molar-refractivity contribution in [1.82, 2.24) is 10.2 Å². The Morgan fingerprint density at radius 1 is 1.15 bits per heavy atom. The molecule has 0 radical (unpaired) electrons. The molecule has 0 bridgehead atoms. The summed E-state index contributed by atoms with van der Waals surface area (Å²) in [5.41, 5.74) is 3.02. The van der Waals surface area contributed by atoms with Gasteiger partial charge >= 0.3 is 0 Å². The summed E-state index contributed by atoms with van der Waals surface area (Å²) >= 11 is 0. The Labute approximate surface area is 123 Å². The van der Waals surface area contributed by atoms with Crippen LogP contribution >= 0.6 is 0 Å². The molecule has 1 heterocycles. The van der Waals surface area contributed by atoms with Crippen molar-refractivity contribution in [2.45, 2.75) is 64.7 Å². The number of rotatable bonds is 6. The van der Waals surface area contributed by atoms with Crippen LogP contribution in [0.3, 0.4) is 0 Å². The quantitative estimate of drug-likeness (QED) is 0.852. The Balaban J connectivity index is 1.66. The predicted molar refractivity (Wildman–Crippen MR) is 84.6 cm³/mol. The van der Waals surface area contributed by atoms with Gasteiger partial charge in [0.25, 0.3) is 0 Å². The van der Waals surface area contributed by atoms with Crippen LogP contribution in [0.2, 0.25) is 0 Å². The van der Waals surface area contributed by atoms with Crippen LogP contribution in [0.1, 0.15) is 50.7 Å². The first kappa shape index (κ1) is 14.1. The number of nitrogens with zero attached hydrogens (tertiary/aromatic N) is 1. The van der Waals surface area contributed by atoms with Crippen molar-refractivity contribution in [2.75, 3.05) is 6.54 Å². The van der Waals surface area contributed by atoms with Crippen molar-refractivity contribution in [1.29, 1.82) is 0 Å². The third kappa shape index (κ3) is 3.42. The largest absolute Gasteiger partial charge is 0.310 e. The van der Waals surface area contributed by atoms with Crippen LogP contribution in [0.4, 0.5) is 0 Å². The van der Waals surface area contributed by atoms with Crippen molar-refractivity contribution in [3.05, 3.63) is 35.4 Å². The normalized spacial score (nSPS) is 23.6. The van der Waals surface area contributed by atoms with Gasteiger partial charge in [0.15, 0.2) is 0 Å². The number of likely N-dealkylation sites (tertiary alicyclic amines) is 1. The fraction of sp³-hybridized carbons (Fsp3) is 0.667. The first-order valence-electron chi connectivity index (χ1n) is 8.28. The summed E-state index contributed by atoms with van der Waals surface area (Å²) in [4.78, 5) is 2.70. The van der Waals surface area contributed by atoms with Gasteiger partial charge in [-0.15, -0.1) is 0 Å². The molecule has 2 heteroatoms. The van der Waals surface area contributed by atoms with Gasteiger partial charge in [-0.25, -0.2) is 0 Å². The van der Waals surface area contributed by atoms with E-state index in [1.54, 1.807) is 0 Å². The molecule has 1 saturated heterocycles. The lowest BCUT2D eigenvalue weighted by Crippen LogP contribution is -2.33. The maximum Gasteiger partial charge on any atom is 0.0240 e. The lowest BCUT2D eigenvalue weighted by molar-refractivity contribution is 0.198. The number of nitrogens with one attached hydrogen (secondary N) is 1. The maximum absolute atomic E-state index is 3.65. The van der Waals surface area contributed by atoms with Crippen LogP contribution in [0.15, 0.2) is 24.3 Å². The Morgan fingerprint density at radius 2 is 1.90 bits per heavy atom. The molecule has 1 aliphatic heterocycles. The SMILES string of the molecule is CC(C)C1CCCN1Cc1ccccc1CNC1CC1. The van der Waals surface area contributed by atoms with Crippen LogP contribution < -0.4 is 5.32 Å². The molecule has 1 aliphatic carbocycles. The fourth-order valence-corrected chi connectivity index (χ4v) is 3.45. The molecular weight excluding hydrogens is 244 g/mol. The summed E-state index contributed by atoms with van der Waals surface area (Å²) in [6, 6.07) is 10.6. The lowest BCUT2D eigenvalue weighted by atomic mass is 10.0. The summed E-state index contributed by atoms with van der Waals surface area (Å²) in [6.45, 7) is 8.17. The second-order valence-electron chi connectivity index (χ2n) is 6.85. The minimum absolute atomic E-state index is 0.772. The molecule has 20 heavy (non-hydrogen) atoms. The first-order valence-corrected chi connectivity index (χ1v) is 8.28. The number of benzene rings is 1. The molecule has 1 N–H and O–H groups in total. The second-order valence-corrected chi connectivity index (χ2v) is 6.85. The van der Waals surface area contributed by atoms with Gasteiger partial charge in [0.2, 0.25) is 0 Å². The van der Waals surface area contributed by atoms with E-state index in [0.29, 0.717) is 0 Å². The first-order chi connectivity index (χ1) is 9.74. The van der Waals surface area contributed by atoms with Crippen molar-refractivity contribution < 1.29 is 0 Å². The summed E-state index contributed by atoms with van der Waals surface area (Å²) in [7, 11) is 0. The Hall–Kier alpha value is -0.860. The van der Waals surface area contributed by atoms with E-state index in [4.69, 9.17) is 0 Å². The molecule has 1 saturated carbocycles. The van der Waals surface area contributed by atoms with Crippen molar-refractivity contribution in [2.24, 2.45) is 5.92 Å². The summed E-state index contributed by atoms with van der Waals surface area (Å²) in [6.07, 6.45) is 5.47. The molecule has 110 valence electrons. The number of hydrogen-bond donors (Lipinski definition) is 1. The molecule has 0 aromatic heterocycles. The molecule has 1 aromatic carbocycles. The zero-order chi connectivity index (χ0) is 13.9. The molecule has 2 aliphatic rings. The highest BCUT2D eigenvalue weighted by molar-refractivity contribution is 5.27. The Bertz CT molecular complexity index is 437. The summed E-state index contributed by atoms with van der Waals surface area (Å²) < 4.78 is 0. The third-order valence-corrected chi connectivity index (χ3v) is 4.83. The molecule has 2 fully saturated rings. The zero-order valence-corrected chi connectivity index (χ0v) is 12.9. The molecule has 1 aromatic rings. The van der Waals surface area contributed by atoms with Crippen molar-refractivity contribution in [3.8, 4) is 0 Å². The monoisotopic (exact) mass is 272 g/mol. The molecule has 3 rings (SSSR count). The fourth-order valence-electron chi connectivity index (χ4n) is 3.45. The topological polar surface area (TPSA) is 15.3 Å². The third-order valence-electron chi connectivity index (χ3n) is 4.83. The highest BCUT2D eigenvalue weighted by Crippen LogP contribution is 2.26. The maximum atomic E-state index is 3.65. The van der Waals surface area contributed by atoms with E-state index < -0.39 is 0 Å². The minimum atomic E-state index is 0.772. The lowest BCUT2D eigenvalue weighted by Gasteiger charge is -2.28. The van der Waals surface area contributed by atoms with Crippen LogP contribution in [0.25, 0.3) is 0 Å². The van der Waals surface area contributed by atoms with Gasteiger partial charge in [-0.3, -0.25) is 4.90 Å². The highest BCUT2D eigenvalue weighted by Gasteiger charge is 2.27. The van der Waals surface area contributed by atoms with E-state index in [0.717, 1.165) is 31.1 Å². The van der Waals surface area contributed by atoms with Gasteiger partial charge in [0.05, 0.1) is 0 Å². The van der Waals surface area contributed by atoms with E-state index in [2.05, 4.69) is 48.3 Å². The molecule has 2 nitrogen and oxygen atoms in total. The van der Waals surface area contributed by atoms with Crippen LogP contribution in [0.5, 0.6) is 0 Å². The minimum Gasteiger partial charge on any atom is -0.310 e. The predicted octanol–water partition coefficient (Wildman–Crippen LogP) is 3.56. The van der Waals surface area contributed by atoms with Gasteiger partial charge in [-0.2, -0.15) is 0 Å². The zero-order valence-electron chi connectivity index (χ0n) is 12.9. The van der Waals surface area contributed by atoms with E-state index in [9.17, 15) is 0 Å². The van der Waals surface area contributed by atoms with Crippen LogP contribution in [-0.4, -0.2) is 23.5 Å². The number of hydrogen-bond acceptors (Lipinski definition) is 2. The van der Waals surface area contributed by atoms with Crippen LogP contribution in [-0.2, 0) is 13.1 Å². The van der Waals surface area contributed by atoms with Crippen molar-refractivity contribution >= 4 is 0 Å². The van der Waals surface area contributed by atoms with Gasteiger partial charge in [0.1, 0.15) is 0 Å². The molecule has 0 amide bonds. The molecule has 1 unspecified atom stereocenters. The van der Waals surface area contributed by atoms with E-state index >= 15 is 0 Å². The summed E-state index contributed by atoms with van der Waals surface area (Å²) in [5, 5.41) is 3.65. The van der Waals surface area contributed by atoms with Crippen molar-refractivity contribution in [3.63, 3.8) is 0 Å². The Kier molecular flexibility index (Phi) is 4.42. The van der Waals surface area contributed by atoms with Crippen LogP contribution in [0, 0.1) is 5.92 Å². The summed E-state index contributed by atoms with van der Waals surface area (Å²) in [5.74, 6) is 0.772. The van der Waals surface area contributed by atoms with Gasteiger partial charge in [0, 0.05) is 25.2 Å². The molecule has 0 spiro atoms. The second kappa shape index (κ2) is 6.28. The van der Waals surface area contributed by atoms with E-state index in [1.807, 2.05) is 0 Å². The van der Waals surface area contributed by atoms with E-state index in [-0.39, 0.29) is 0 Å². The molecular formula is C18H28N2. The average Bonchev–Trinajstić information content (AvgIpc) is 3.15. The standard InChI is InChI=1S/C18H28N2/c1-14(2)18-8-5-11-20(18)13-16-7-4-3-6-15(16)12-19-17-9-10-17/h3-4,6-7,14,17-19H,5,8-13H2,1-2H3. The highest BCUT2D eigenvalue weighted by atomic mass is 15.2. The van der Waals surface area contributed by atoms with Gasteiger partial charge < -0.3 is 5.32 Å². The van der Waals surface area contributed by atoms with Gasteiger partial charge in [-0.05, 0) is 49.3 Å². The van der Waals surface area contributed by atoms with E-state index in [1.165, 1.54) is 43.4 Å². The molecule has 1 atom stereocenters.